The average molecular weight is 313 g/mol. The molecule has 1 saturated heterocycles. The predicted molar refractivity (Wildman–Crippen MR) is 83.8 cm³/mol. The van der Waals surface area contributed by atoms with Gasteiger partial charge in [0.15, 0.2) is 0 Å². The highest BCUT2D eigenvalue weighted by atomic mass is 35.5. The molecule has 1 unspecified atom stereocenters. The van der Waals surface area contributed by atoms with Crippen molar-refractivity contribution in [3.8, 4) is 0 Å². The van der Waals surface area contributed by atoms with Gasteiger partial charge >= 0.3 is 5.97 Å². The minimum atomic E-state index is -0.348. The van der Waals surface area contributed by atoms with Crippen molar-refractivity contribution in [2.75, 3.05) is 25.0 Å². The minimum absolute atomic E-state index is 0. The summed E-state index contributed by atoms with van der Waals surface area (Å²) in [6.45, 7) is 5.86. The van der Waals surface area contributed by atoms with E-state index in [1.807, 2.05) is 6.92 Å². The minimum Gasteiger partial charge on any atom is -0.462 e. The van der Waals surface area contributed by atoms with Crippen molar-refractivity contribution in [3.05, 3.63) is 29.8 Å². The Kier molecular flexibility index (Phi) is 6.65. The highest BCUT2D eigenvalue weighted by molar-refractivity contribution is 5.94. The molecule has 21 heavy (non-hydrogen) atoms. The number of amides is 1. The van der Waals surface area contributed by atoms with Crippen LogP contribution in [0.2, 0.25) is 0 Å². The zero-order valence-corrected chi connectivity index (χ0v) is 13.0. The quantitative estimate of drug-likeness (QED) is 0.817. The largest absolute Gasteiger partial charge is 0.462 e. The highest BCUT2D eigenvalue weighted by Crippen LogP contribution is 2.18. The standard InChI is InChI=1S/C15H20N2O3.ClH/c1-3-20-15(19)11-4-6-13(7-5-11)17-14(18)10(2)12-8-16-9-12;/h4-7,10,12,16H,3,8-9H2,1-2H3,(H,17,18);1H. The van der Waals surface area contributed by atoms with E-state index < -0.39 is 0 Å². The van der Waals surface area contributed by atoms with Gasteiger partial charge in [-0.15, -0.1) is 12.4 Å². The maximum atomic E-state index is 12.0. The SMILES string of the molecule is CCOC(=O)c1ccc(NC(=O)C(C)C2CNC2)cc1.Cl. The molecule has 1 heterocycles. The Hall–Kier alpha value is -1.59. The molecule has 6 heteroatoms. The first-order valence-corrected chi connectivity index (χ1v) is 6.90. The third kappa shape index (κ3) is 4.44. The molecule has 1 aromatic carbocycles. The Morgan fingerprint density at radius 3 is 2.43 bits per heavy atom. The summed E-state index contributed by atoms with van der Waals surface area (Å²) >= 11 is 0. The first-order valence-electron chi connectivity index (χ1n) is 6.90. The van der Waals surface area contributed by atoms with Crippen molar-refractivity contribution < 1.29 is 14.3 Å². The van der Waals surface area contributed by atoms with E-state index in [1.54, 1.807) is 31.2 Å². The van der Waals surface area contributed by atoms with Crippen molar-refractivity contribution in [1.82, 2.24) is 5.32 Å². The van der Waals surface area contributed by atoms with Gasteiger partial charge in [0.1, 0.15) is 0 Å². The molecule has 1 aromatic rings. The molecule has 1 fully saturated rings. The van der Waals surface area contributed by atoms with Crippen LogP contribution in [0.5, 0.6) is 0 Å². The van der Waals surface area contributed by atoms with Gasteiger partial charge in [0.2, 0.25) is 5.91 Å². The van der Waals surface area contributed by atoms with Gasteiger partial charge in [-0.1, -0.05) is 6.92 Å². The van der Waals surface area contributed by atoms with E-state index >= 15 is 0 Å². The van der Waals surface area contributed by atoms with E-state index in [1.165, 1.54) is 0 Å². The second-order valence-electron chi connectivity index (χ2n) is 4.99. The van der Waals surface area contributed by atoms with Crippen LogP contribution in [0.15, 0.2) is 24.3 Å². The zero-order valence-electron chi connectivity index (χ0n) is 12.2. The lowest BCUT2D eigenvalue weighted by molar-refractivity contribution is -0.121. The topological polar surface area (TPSA) is 67.4 Å². The molecule has 5 nitrogen and oxygen atoms in total. The Labute approximate surface area is 130 Å². The van der Waals surface area contributed by atoms with Gasteiger partial charge in [-0.3, -0.25) is 4.79 Å². The summed E-state index contributed by atoms with van der Waals surface area (Å²) in [6, 6.07) is 6.75. The van der Waals surface area contributed by atoms with Crippen LogP contribution in [0.4, 0.5) is 5.69 Å². The van der Waals surface area contributed by atoms with E-state index in [0.717, 1.165) is 13.1 Å². The second-order valence-corrected chi connectivity index (χ2v) is 4.99. The fourth-order valence-electron chi connectivity index (χ4n) is 2.04. The molecule has 0 bridgehead atoms. The van der Waals surface area contributed by atoms with Crippen LogP contribution in [0, 0.1) is 11.8 Å². The fraction of sp³-hybridized carbons (Fsp3) is 0.467. The molecule has 1 amide bonds. The molecular weight excluding hydrogens is 292 g/mol. The number of nitrogens with one attached hydrogen (secondary N) is 2. The van der Waals surface area contributed by atoms with Crippen molar-refractivity contribution in [2.45, 2.75) is 13.8 Å². The number of carbonyl (C=O) groups is 2. The molecule has 0 spiro atoms. The summed E-state index contributed by atoms with van der Waals surface area (Å²) in [6.07, 6.45) is 0. The number of carbonyl (C=O) groups excluding carboxylic acids is 2. The molecule has 2 N–H and O–H groups in total. The molecule has 1 aliphatic rings. The molecule has 1 atom stereocenters. The number of esters is 1. The number of ether oxygens (including phenoxy) is 1. The van der Waals surface area contributed by atoms with Crippen LogP contribution < -0.4 is 10.6 Å². The third-order valence-electron chi connectivity index (χ3n) is 3.60. The summed E-state index contributed by atoms with van der Waals surface area (Å²) < 4.78 is 4.91. The molecule has 1 aliphatic heterocycles. The Morgan fingerprint density at radius 2 is 1.95 bits per heavy atom. The summed E-state index contributed by atoms with van der Waals surface area (Å²) in [5, 5.41) is 6.03. The van der Waals surface area contributed by atoms with Gasteiger partial charge in [-0.25, -0.2) is 4.79 Å². The van der Waals surface area contributed by atoms with Crippen LogP contribution in [0.25, 0.3) is 0 Å². The number of anilines is 1. The smallest absolute Gasteiger partial charge is 0.338 e. The predicted octanol–water partition coefficient (Wildman–Crippen LogP) is 2.08. The molecule has 2 rings (SSSR count). The van der Waals surface area contributed by atoms with Crippen LogP contribution in [-0.2, 0) is 9.53 Å². The maximum Gasteiger partial charge on any atom is 0.338 e. The van der Waals surface area contributed by atoms with E-state index in [0.29, 0.717) is 23.8 Å². The summed E-state index contributed by atoms with van der Waals surface area (Å²) in [7, 11) is 0. The van der Waals surface area contributed by atoms with Gasteiger partial charge in [0.25, 0.3) is 0 Å². The van der Waals surface area contributed by atoms with Crippen LogP contribution in [0.1, 0.15) is 24.2 Å². The molecule has 0 saturated carbocycles. The number of hydrogen-bond donors (Lipinski definition) is 2. The number of hydrogen-bond acceptors (Lipinski definition) is 4. The van der Waals surface area contributed by atoms with Gasteiger partial charge < -0.3 is 15.4 Å². The third-order valence-corrected chi connectivity index (χ3v) is 3.60. The van der Waals surface area contributed by atoms with Gasteiger partial charge in [0.05, 0.1) is 12.2 Å². The Balaban J connectivity index is 0.00000220. The van der Waals surface area contributed by atoms with Crippen molar-refractivity contribution in [3.63, 3.8) is 0 Å². The molecular formula is C15H21ClN2O3. The molecule has 116 valence electrons. The lowest BCUT2D eigenvalue weighted by Gasteiger charge is -2.31. The summed E-state index contributed by atoms with van der Waals surface area (Å²) in [4.78, 5) is 23.5. The maximum absolute atomic E-state index is 12.0. The van der Waals surface area contributed by atoms with E-state index in [2.05, 4.69) is 10.6 Å². The normalized spacial score (nSPS) is 15.3. The van der Waals surface area contributed by atoms with E-state index in [-0.39, 0.29) is 30.2 Å². The average Bonchev–Trinajstić information content (AvgIpc) is 2.37. The number of rotatable bonds is 5. The number of halogens is 1. The fourth-order valence-corrected chi connectivity index (χ4v) is 2.04. The lowest BCUT2D eigenvalue weighted by atomic mass is 9.88. The van der Waals surface area contributed by atoms with Crippen LogP contribution in [-0.4, -0.2) is 31.6 Å². The van der Waals surface area contributed by atoms with Gasteiger partial charge in [-0.2, -0.15) is 0 Å². The highest BCUT2D eigenvalue weighted by Gasteiger charge is 2.28. The van der Waals surface area contributed by atoms with Crippen molar-refractivity contribution in [2.24, 2.45) is 11.8 Å². The monoisotopic (exact) mass is 312 g/mol. The van der Waals surface area contributed by atoms with Crippen LogP contribution >= 0.6 is 12.4 Å². The Morgan fingerprint density at radius 1 is 1.33 bits per heavy atom. The molecule has 0 aromatic heterocycles. The van der Waals surface area contributed by atoms with Gasteiger partial charge in [0, 0.05) is 11.6 Å². The first kappa shape index (κ1) is 17.5. The molecule has 0 radical (unpaired) electrons. The molecule has 0 aliphatic carbocycles. The van der Waals surface area contributed by atoms with Crippen LogP contribution in [0.3, 0.4) is 0 Å². The van der Waals surface area contributed by atoms with E-state index in [9.17, 15) is 9.59 Å². The zero-order chi connectivity index (χ0) is 14.5. The number of benzene rings is 1. The Bertz CT molecular complexity index is 486. The second kappa shape index (κ2) is 8.00. The lowest BCUT2D eigenvalue weighted by Crippen LogP contribution is -2.48. The van der Waals surface area contributed by atoms with Crippen molar-refractivity contribution in [1.29, 1.82) is 0 Å². The summed E-state index contributed by atoms with van der Waals surface area (Å²) in [5.74, 6) is 0.0643. The summed E-state index contributed by atoms with van der Waals surface area (Å²) in [5.41, 5.74) is 1.18. The first-order chi connectivity index (χ1) is 9.61. The van der Waals surface area contributed by atoms with Crippen molar-refractivity contribution >= 4 is 30.0 Å². The van der Waals surface area contributed by atoms with Gasteiger partial charge in [-0.05, 0) is 50.2 Å². The van der Waals surface area contributed by atoms with E-state index in [4.69, 9.17) is 4.74 Å².